The van der Waals surface area contributed by atoms with E-state index in [2.05, 4.69) is 26.6 Å². The second-order valence-corrected chi connectivity index (χ2v) is 8.59. The molecule has 3 amide bonds. The number of urea groups is 1. The summed E-state index contributed by atoms with van der Waals surface area (Å²) < 4.78 is 5.83. The van der Waals surface area contributed by atoms with Gasteiger partial charge in [-0.15, -0.1) is 0 Å². The molecule has 0 fully saturated rings. The molecule has 1 aliphatic heterocycles. The van der Waals surface area contributed by atoms with Crippen LogP contribution in [0.15, 0.2) is 71.2 Å². The molecular weight excluding hydrogens is 486 g/mol. The summed E-state index contributed by atoms with van der Waals surface area (Å²) in [6.07, 6.45) is 0.828. The van der Waals surface area contributed by atoms with E-state index in [1.54, 1.807) is 49.6 Å². The molecule has 0 aromatic heterocycles. The van der Waals surface area contributed by atoms with Gasteiger partial charge in [-0.1, -0.05) is 47.1 Å². The zero-order chi connectivity index (χ0) is 23.6. The molecule has 0 unspecified atom stereocenters. The molecule has 4 rings (SSSR count). The van der Waals surface area contributed by atoms with Crippen LogP contribution in [0.5, 0.6) is 5.75 Å². The average Bonchev–Trinajstić information content (AvgIpc) is 2.83. The predicted octanol–water partition coefficient (Wildman–Crippen LogP) is 4.53. The highest BCUT2D eigenvalue weighted by Gasteiger charge is 2.52. The maximum atomic E-state index is 13.5. The topological polar surface area (TPSA) is 90.9 Å². The molecule has 33 heavy (non-hydrogen) atoms. The Balaban J connectivity index is 1.73. The number of fused-ring (bicyclic) bond motifs is 1. The smallest absolute Gasteiger partial charge is 0.329 e. The number of rotatable bonds is 6. The SMILES string of the molecule is CCc1ccc(N2C(=O)Nc3ccc(Br)cc3[C@@]2(O)C(=O)NCc2ccc(OC)cc2)cc1. The fourth-order valence-corrected chi connectivity index (χ4v) is 4.17. The molecule has 0 radical (unpaired) electrons. The highest BCUT2D eigenvalue weighted by atomic mass is 79.9. The quantitative estimate of drug-likeness (QED) is 0.455. The highest BCUT2D eigenvalue weighted by Crippen LogP contribution is 2.41. The summed E-state index contributed by atoms with van der Waals surface area (Å²) in [5, 5.41) is 17.5. The number of anilines is 2. The first-order valence-corrected chi connectivity index (χ1v) is 11.3. The molecule has 7 nitrogen and oxygen atoms in total. The van der Waals surface area contributed by atoms with E-state index in [0.717, 1.165) is 22.4 Å². The van der Waals surface area contributed by atoms with Crippen molar-refractivity contribution in [3.63, 3.8) is 0 Å². The van der Waals surface area contributed by atoms with Crippen molar-refractivity contribution < 1.29 is 19.4 Å². The van der Waals surface area contributed by atoms with Gasteiger partial charge in [0.15, 0.2) is 0 Å². The number of nitrogens with zero attached hydrogens (tertiary/aromatic N) is 1. The van der Waals surface area contributed by atoms with Crippen molar-refractivity contribution in [3.05, 3.63) is 87.9 Å². The zero-order valence-corrected chi connectivity index (χ0v) is 19.8. The van der Waals surface area contributed by atoms with Crippen molar-refractivity contribution in [3.8, 4) is 5.75 Å². The molecular formula is C25H24BrN3O4. The Kier molecular flexibility index (Phi) is 6.40. The zero-order valence-electron chi connectivity index (χ0n) is 18.3. The lowest BCUT2D eigenvalue weighted by atomic mass is 9.94. The minimum absolute atomic E-state index is 0.165. The van der Waals surface area contributed by atoms with E-state index < -0.39 is 17.7 Å². The second-order valence-electron chi connectivity index (χ2n) is 7.68. The minimum Gasteiger partial charge on any atom is -0.497 e. The molecule has 3 aromatic rings. The number of methoxy groups -OCH3 is 1. The van der Waals surface area contributed by atoms with Crippen LogP contribution in [0.2, 0.25) is 0 Å². The van der Waals surface area contributed by atoms with E-state index >= 15 is 0 Å². The third-order valence-electron chi connectivity index (χ3n) is 5.66. The number of halogens is 1. The van der Waals surface area contributed by atoms with Crippen LogP contribution >= 0.6 is 15.9 Å². The van der Waals surface area contributed by atoms with E-state index in [1.165, 1.54) is 0 Å². The minimum atomic E-state index is -2.26. The van der Waals surface area contributed by atoms with Gasteiger partial charge >= 0.3 is 6.03 Å². The maximum Gasteiger partial charge on any atom is 0.329 e. The van der Waals surface area contributed by atoms with Crippen molar-refractivity contribution in [1.82, 2.24) is 5.32 Å². The summed E-state index contributed by atoms with van der Waals surface area (Å²) in [4.78, 5) is 27.7. The average molecular weight is 510 g/mol. The van der Waals surface area contributed by atoms with E-state index in [0.29, 0.717) is 21.6 Å². The van der Waals surface area contributed by atoms with Crippen LogP contribution in [0.3, 0.4) is 0 Å². The number of amides is 3. The Hall–Kier alpha value is -3.36. The van der Waals surface area contributed by atoms with Gasteiger partial charge in [0.2, 0.25) is 0 Å². The third-order valence-corrected chi connectivity index (χ3v) is 6.15. The predicted molar refractivity (Wildman–Crippen MR) is 130 cm³/mol. The molecule has 0 saturated carbocycles. The molecule has 0 aliphatic carbocycles. The van der Waals surface area contributed by atoms with Crippen molar-refractivity contribution in [2.75, 3.05) is 17.3 Å². The van der Waals surface area contributed by atoms with Crippen LogP contribution in [-0.4, -0.2) is 24.2 Å². The van der Waals surface area contributed by atoms with Crippen LogP contribution in [0.1, 0.15) is 23.6 Å². The summed E-state index contributed by atoms with van der Waals surface area (Å²) in [5.74, 6) is -0.0137. The van der Waals surface area contributed by atoms with Crippen molar-refractivity contribution in [1.29, 1.82) is 0 Å². The first kappa shape index (κ1) is 22.8. The van der Waals surface area contributed by atoms with Crippen LogP contribution in [0.25, 0.3) is 0 Å². The Morgan fingerprint density at radius 2 is 1.76 bits per heavy atom. The monoisotopic (exact) mass is 509 g/mol. The number of ether oxygens (including phenoxy) is 1. The molecule has 3 aromatic carbocycles. The first-order chi connectivity index (χ1) is 15.9. The van der Waals surface area contributed by atoms with Gasteiger partial charge in [0.1, 0.15) is 5.75 Å². The lowest BCUT2D eigenvalue weighted by molar-refractivity contribution is -0.140. The lowest BCUT2D eigenvalue weighted by Crippen LogP contribution is -2.62. The van der Waals surface area contributed by atoms with Crippen LogP contribution in [-0.2, 0) is 23.5 Å². The lowest BCUT2D eigenvalue weighted by Gasteiger charge is -2.42. The van der Waals surface area contributed by atoms with Gasteiger partial charge in [0.05, 0.1) is 12.8 Å². The molecule has 3 N–H and O–H groups in total. The molecule has 170 valence electrons. The Morgan fingerprint density at radius 3 is 2.39 bits per heavy atom. The molecule has 1 aliphatic rings. The normalized spacial score (nSPS) is 17.2. The fourth-order valence-electron chi connectivity index (χ4n) is 3.81. The van der Waals surface area contributed by atoms with Gasteiger partial charge in [0, 0.05) is 22.3 Å². The summed E-state index contributed by atoms with van der Waals surface area (Å²) in [5.41, 5.74) is 0.669. The Morgan fingerprint density at radius 1 is 1.09 bits per heavy atom. The van der Waals surface area contributed by atoms with Crippen molar-refractivity contribution >= 4 is 39.2 Å². The standard InChI is InChI=1S/C25H24BrN3O4/c1-3-16-4-9-19(10-5-16)29-24(31)28-22-13-8-18(26)14-21(22)25(29,32)23(30)27-15-17-6-11-20(33-2)12-7-17/h4-14,32H,3,15H2,1-2H3,(H,27,30)(H,28,31)/t25-/m1/s1. The number of carbonyl (C=O) groups is 2. The number of aliphatic hydroxyl groups is 1. The summed E-state index contributed by atoms with van der Waals surface area (Å²) in [7, 11) is 1.58. The van der Waals surface area contributed by atoms with Gasteiger partial charge in [-0.25, -0.2) is 4.79 Å². The number of nitrogens with one attached hydrogen (secondary N) is 2. The van der Waals surface area contributed by atoms with Gasteiger partial charge in [-0.2, -0.15) is 0 Å². The van der Waals surface area contributed by atoms with Crippen LogP contribution < -0.4 is 20.3 Å². The van der Waals surface area contributed by atoms with Crippen LogP contribution in [0.4, 0.5) is 16.2 Å². The summed E-state index contributed by atoms with van der Waals surface area (Å²) in [6.45, 7) is 2.19. The molecule has 0 saturated heterocycles. The largest absolute Gasteiger partial charge is 0.497 e. The number of carbonyl (C=O) groups excluding carboxylic acids is 2. The maximum absolute atomic E-state index is 13.5. The van der Waals surface area contributed by atoms with Crippen molar-refractivity contribution in [2.24, 2.45) is 0 Å². The molecule has 8 heteroatoms. The first-order valence-electron chi connectivity index (χ1n) is 10.5. The number of hydrogen-bond donors (Lipinski definition) is 3. The summed E-state index contributed by atoms with van der Waals surface area (Å²) in [6, 6.07) is 18.8. The fraction of sp³-hybridized carbons (Fsp3) is 0.200. The Bertz CT molecular complexity index is 1180. The molecule has 0 bridgehead atoms. The van der Waals surface area contributed by atoms with E-state index in [-0.39, 0.29) is 12.1 Å². The number of benzene rings is 3. The van der Waals surface area contributed by atoms with Gasteiger partial charge in [-0.3, -0.25) is 9.69 Å². The molecule has 1 atom stereocenters. The Labute approximate surface area is 200 Å². The van der Waals surface area contributed by atoms with E-state index in [9.17, 15) is 14.7 Å². The van der Waals surface area contributed by atoms with E-state index in [4.69, 9.17) is 4.74 Å². The molecule has 0 spiro atoms. The van der Waals surface area contributed by atoms with Gasteiger partial charge in [-0.05, 0) is 60.0 Å². The number of hydrogen-bond acceptors (Lipinski definition) is 4. The molecule has 1 heterocycles. The van der Waals surface area contributed by atoms with E-state index in [1.807, 2.05) is 31.2 Å². The third kappa shape index (κ3) is 4.31. The second kappa shape index (κ2) is 9.25. The highest BCUT2D eigenvalue weighted by molar-refractivity contribution is 9.10. The number of aryl methyl sites for hydroxylation is 1. The van der Waals surface area contributed by atoms with Gasteiger partial charge in [0.25, 0.3) is 11.6 Å². The van der Waals surface area contributed by atoms with Gasteiger partial charge < -0.3 is 20.5 Å². The van der Waals surface area contributed by atoms with Crippen molar-refractivity contribution in [2.45, 2.75) is 25.6 Å². The summed E-state index contributed by atoms with van der Waals surface area (Å²) >= 11 is 3.40. The van der Waals surface area contributed by atoms with Crippen LogP contribution in [0, 0.1) is 0 Å².